The van der Waals surface area contributed by atoms with Gasteiger partial charge < -0.3 is 36.6 Å². The van der Waals surface area contributed by atoms with Crippen molar-refractivity contribution < 1.29 is 19.5 Å². The lowest BCUT2D eigenvalue weighted by Gasteiger charge is -2.33. The van der Waals surface area contributed by atoms with E-state index in [4.69, 9.17) is 5.11 Å². The molecule has 3 rings (SSSR count). The number of piperidine rings is 1. The third-order valence-corrected chi connectivity index (χ3v) is 6.77. The highest BCUT2D eigenvalue weighted by Crippen LogP contribution is 2.18. The van der Waals surface area contributed by atoms with Gasteiger partial charge in [-0.1, -0.05) is 50.5 Å². The van der Waals surface area contributed by atoms with Gasteiger partial charge in [0, 0.05) is 50.1 Å². The number of urea groups is 2. The number of benzene rings is 2. The summed E-state index contributed by atoms with van der Waals surface area (Å²) in [5.41, 5.74) is 3.78. The van der Waals surface area contributed by atoms with Crippen molar-refractivity contribution in [1.82, 2.24) is 20.9 Å². The Hall–Kier alpha value is -3.95. The minimum atomic E-state index is -1.01. The number of anilines is 2. The molecule has 0 saturated carbocycles. The highest BCUT2D eigenvalue weighted by Gasteiger charge is 2.22. The second-order valence-electron chi connectivity index (χ2n) is 9.88. The Morgan fingerprint density at radius 1 is 0.821 bits per heavy atom. The fourth-order valence-electron chi connectivity index (χ4n) is 4.47. The van der Waals surface area contributed by atoms with E-state index in [2.05, 4.69) is 33.5 Å². The van der Waals surface area contributed by atoms with E-state index in [-0.39, 0.29) is 12.1 Å². The molecule has 10 heteroatoms. The average molecular weight is 539 g/mol. The first-order chi connectivity index (χ1) is 18.9. The van der Waals surface area contributed by atoms with Crippen molar-refractivity contribution in [2.75, 3.05) is 36.8 Å². The number of nitrogens with zero attached hydrogens (tertiary/aromatic N) is 1. The van der Waals surface area contributed by atoms with Gasteiger partial charge in [0.05, 0.1) is 0 Å². The summed E-state index contributed by atoms with van der Waals surface area (Å²) < 4.78 is 0. The van der Waals surface area contributed by atoms with Gasteiger partial charge in [-0.15, -0.1) is 0 Å². The minimum Gasteiger partial charge on any atom is -0.465 e. The number of hydrogen-bond acceptors (Lipinski definition) is 4. The van der Waals surface area contributed by atoms with Crippen LogP contribution in [0.3, 0.4) is 0 Å². The van der Waals surface area contributed by atoms with Crippen molar-refractivity contribution in [3.8, 4) is 0 Å². The number of likely N-dealkylation sites (tertiary alicyclic amines) is 1. The van der Waals surface area contributed by atoms with E-state index >= 15 is 0 Å². The molecule has 0 aromatic heterocycles. The molecule has 0 bridgehead atoms. The Labute approximate surface area is 230 Å². The maximum absolute atomic E-state index is 12.7. The Balaban J connectivity index is 1.31. The molecule has 2 aromatic rings. The van der Waals surface area contributed by atoms with E-state index < -0.39 is 6.09 Å². The van der Waals surface area contributed by atoms with Crippen LogP contribution in [0.15, 0.2) is 48.5 Å². The topological polar surface area (TPSA) is 135 Å². The number of hydrogen-bond donors (Lipinski definition) is 6. The van der Waals surface area contributed by atoms with Crippen molar-refractivity contribution >= 4 is 29.5 Å². The van der Waals surface area contributed by atoms with Crippen LogP contribution in [0.1, 0.15) is 56.6 Å². The molecular weight excluding hydrogens is 496 g/mol. The summed E-state index contributed by atoms with van der Waals surface area (Å²) in [6.07, 6.45) is 5.83. The molecule has 10 nitrogen and oxygen atoms in total. The quantitative estimate of drug-likeness (QED) is 0.200. The molecular formula is C29H42N6O4. The van der Waals surface area contributed by atoms with Gasteiger partial charge >= 0.3 is 18.2 Å². The van der Waals surface area contributed by atoms with E-state index in [1.165, 1.54) is 12.8 Å². The first-order valence-electron chi connectivity index (χ1n) is 13.9. The number of carbonyl (C=O) groups excluding carboxylic acids is 2. The highest BCUT2D eigenvalue weighted by atomic mass is 16.4. The zero-order valence-electron chi connectivity index (χ0n) is 22.8. The lowest BCUT2D eigenvalue weighted by atomic mass is 10.0. The third-order valence-electron chi connectivity index (χ3n) is 6.77. The third kappa shape index (κ3) is 11.1. The molecule has 1 aliphatic heterocycles. The normalized spacial score (nSPS) is 13.4. The zero-order valence-corrected chi connectivity index (χ0v) is 22.8. The molecule has 0 atom stereocenters. The van der Waals surface area contributed by atoms with Gasteiger partial charge in [0.1, 0.15) is 0 Å². The van der Waals surface area contributed by atoms with Crippen molar-refractivity contribution in [1.29, 1.82) is 0 Å². The number of carbonyl (C=O) groups is 3. The maximum Gasteiger partial charge on any atom is 0.404 e. The Bertz CT molecular complexity index is 1040. The Morgan fingerprint density at radius 2 is 1.49 bits per heavy atom. The summed E-state index contributed by atoms with van der Waals surface area (Å²) in [7, 11) is 0. The molecule has 1 heterocycles. The highest BCUT2D eigenvalue weighted by molar-refractivity contribution is 5.89. The fourth-order valence-corrected chi connectivity index (χ4v) is 4.47. The van der Waals surface area contributed by atoms with Gasteiger partial charge in [0.2, 0.25) is 0 Å². The second-order valence-corrected chi connectivity index (χ2v) is 9.88. The second kappa shape index (κ2) is 16.1. The van der Waals surface area contributed by atoms with Gasteiger partial charge in [0.15, 0.2) is 0 Å². The Kier molecular flexibility index (Phi) is 12.2. The van der Waals surface area contributed by atoms with Crippen LogP contribution in [0, 0.1) is 0 Å². The Morgan fingerprint density at radius 3 is 2.15 bits per heavy atom. The molecule has 1 saturated heterocycles. The van der Waals surface area contributed by atoms with Crippen LogP contribution in [0.25, 0.3) is 0 Å². The fraction of sp³-hybridized carbons (Fsp3) is 0.483. The van der Waals surface area contributed by atoms with Crippen LogP contribution in [-0.2, 0) is 13.0 Å². The van der Waals surface area contributed by atoms with E-state index in [1.54, 1.807) is 0 Å². The lowest BCUT2D eigenvalue weighted by Crippen LogP contribution is -2.46. The molecule has 212 valence electrons. The summed E-state index contributed by atoms with van der Waals surface area (Å²) in [6, 6.07) is 15.5. The van der Waals surface area contributed by atoms with Crippen molar-refractivity contribution in [2.45, 2.75) is 64.5 Å². The number of nitrogens with one attached hydrogen (secondary N) is 5. The zero-order chi connectivity index (χ0) is 27.9. The molecule has 0 radical (unpaired) electrons. The smallest absolute Gasteiger partial charge is 0.404 e. The molecule has 0 spiro atoms. The lowest BCUT2D eigenvalue weighted by molar-refractivity contribution is 0.183. The average Bonchev–Trinajstić information content (AvgIpc) is 2.93. The molecule has 5 amide bonds. The molecule has 0 unspecified atom stereocenters. The minimum absolute atomic E-state index is 0.0718. The standard InChI is InChI=1S/C29H42N6O4/c1-2-3-4-5-17-30-27(36)34-25-12-8-23(9-13-25)21-32-28(37)35-19-15-26(16-20-35)33-24-10-6-22(7-11-24)14-18-31-29(38)39/h6-13,26,31,33H,2-5,14-21H2,1H3,(H,32,37)(H,38,39)(H2,30,34,36). The maximum atomic E-state index is 12.7. The predicted octanol–water partition coefficient (Wildman–Crippen LogP) is 4.98. The molecule has 1 fully saturated rings. The van der Waals surface area contributed by atoms with Gasteiger partial charge in [-0.25, -0.2) is 14.4 Å². The van der Waals surface area contributed by atoms with Crippen LogP contribution in [0.2, 0.25) is 0 Å². The van der Waals surface area contributed by atoms with Gasteiger partial charge in [-0.3, -0.25) is 0 Å². The van der Waals surface area contributed by atoms with E-state index in [0.717, 1.165) is 48.2 Å². The number of carboxylic acid groups (broad SMARTS) is 1. The summed E-state index contributed by atoms with van der Waals surface area (Å²) in [5.74, 6) is 0. The molecule has 6 N–H and O–H groups in total. The van der Waals surface area contributed by atoms with Crippen LogP contribution < -0.4 is 26.6 Å². The molecule has 39 heavy (non-hydrogen) atoms. The summed E-state index contributed by atoms with van der Waals surface area (Å²) in [4.78, 5) is 37.1. The van der Waals surface area contributed by atoms with Gasteiger partial charge in [0.25, 0.3) is 0 Å². The number of unbranched alkanes of at least 4 members (excludes halogenated alkanes) is 3. The SMILES string of the molecule is CCCCCCNC(=O)Nc1ccc(CNC(=O)N2CCC(Nc3ccc(CCNC(=O)O)cc3)CC2)cc1. The first kappa shape index (κ1) is 29.6. The summed E-state index contributed by atoms with van der Waals surface area (Å²) >= 11 is 0. The molecule has 0 aliphatic carbocycles. The van der Waals surface area contributed by atoms with Crippen molar-refractivity contribution in [3.63, 3.8) is 0 Å². The largest absolute Gasteiger partial charge is 0.465 e. The molecule has 2 aromatic carbocycles. The van der Waals surface area contributed by atoms with Crippen molar-refractivity contribution in [2.24, 2.45) is 0 Å². The summed E-state index contributed by atoms with van der Waals surface area (Å²) in [5, 5.41) is 23.3. The first-order valence-corrected chi connectivity index (χ1v) is 13.9. The number of rotatable bonds is 13. The van der Waals surface area contributed by atoms with Gasteiger partial charge in [-0.05, 0) is 61.1 Å². The predicted molar refractivity (Wildman–Crippen MR) is 154 cm³/mol. The monoisotopic (exact) mass is 538 g/mol. The molecule has 1 aliphatic rings. The van der Waals surface area contributed by atoms with E-state index in [9.17, 15) is 14.4 Å². The van der Waals surface area contributed by atoms with E-state index in [0.29, 0.717) is 45.2 Å². The number of amides is 5. The summed E-state index contributed by atoms with van der Waals surface area (Å²) in [6.45, 7) is 5.01. The van der Waals surface area contributed by atoms with Crippen molar-refractivity contribution in [3.05, 3.63) is 59.7 Å². The van der Waals surface area contributed by atoms with Gasteiger partial charge in [-0.2, -0.15) is 0 Å². The van der Waals surface area contributed by atoms with Crippen LogP contribution in [0.4, 0.5) is 25.8 Å². The van der Waals surface area contributed by atoms with Crippen LogP contribution >= 0.6 is 0 Å². The van der Waals surface area contributed by atoms with Crippen LogP contribution in [-0.4, -0.2) is 60.4 Å². The van der Waals surface area contributed by atoms with E-state index in [1.807, 2.05) is 53.4 Å². The van der Waals surface area contributed by atoms with Crippen LogP contribution in [0.5, 0.6) is 0 Å².